The number of nitrogens with one attached hydrogen (secondary N) is 2. The van der Waals surface area contributed by atoms with Crippen molar-refractivity contribution < 1.29 is 9.18 Å². The Morgan fingerprint density at radius 1 is 1.54 bits per heavy atom. The molecule has 1 unspecified atom stereocenters. The molecule has 3 rings (SSSR count). The summed E-state index contributed by atoms with van der Waals surface area (Å²) in [6.07, 6.45) is 2.69. The van der Waals surface area contributed by atoms with Gasteiger partial charge < -0.3 is 15.5 Å². The van der Waals surface area contributed by atoms with E-state index in [1.165, 1.54) is 6.07 Å². The molecule has 1 spiro atoms. The molecule has 0 bridgehead atoms. The van der Waals surface area contributed by atoms with E-state index in [1.54, 1.807) is 19.2 Å². The normalized spacial score (nSPS) is 24.4. The van der Waals surface area contributed by atoms with E-state index >= 15 is 0 Å². The van der Waals surface area contributed by atoms with Gasteiger partial charge >= 0.3 is 0 Å². The molecule has 1 atom stereocenters. The fourth-order valence-corrected chi connectivity index (χ4v) is 3.80. The third kappa shape index (κ3) is 3.64. The number of rotatable bonds is 2. The number of aliphatic imine (C=N–C) groups is 1. The average molecular weight is 353 g/mol. The van der Waals surface area contributed by atoms with Crippen molar-refractivity contribution in [1.82, 2.24) is 15.5 Å². The molecule has 0 saturated carbocycles. The number of amides is 1. The summed E-state index contributed by atoms with van der Waals surface area (Å²) in [5.41, 5.74) is 0.915. The molecule has 1 aromatic rings. The van der Waals surface area contributed by atoms with Gasteiger partial charge in [0.05, 0.1) is 5.02 Å². The molecule has 1 amide bonds. The number of hydrogen-bond donors (Lipinski definition) is 2. The summed E-state index contributed by atoms with van der Waals surface area (Å²) < 4.78 is 13.2. The van der Waals surface area contributed by atoms with Crippen LogP contribution < -0.4 is 10.6 Å². The molecule has 24 heavy (non-hydrogen) atoms. The lowest BCUT2D eigenvalue weighted by molar-refractivity contribution is -0.119. The summed E-state index contributed by atoms with van der Waals surface area (Å²) in [6.45, 7) is 3.00. The molecular weight excluding hydrogens is 331 g/mol. The molecule has 2 aliphatic rings. The van der Waals surface area contributed by atoms with Gasteiger partial charge in [0.1, 0.15) is 5.82 Å². The van der Waals surface area contributed by atoms with E-state index in [4.69, 9.17) is 11.6 Å². The molecule has 2 fully saturated rings. The monoisotopic (exact) mass is 352 g/mol. The second-order valence-corrected chi connectivity index (χ2v) is 7.04. The zero-order valence-corrected chi connectivity index (χ0v) is 14.5. The van der Waals surface area contributed by atoms with Gasteiger partial charge in [-0.25, -0.2) is 4.39 Å². The van der Waals surface area contributed by atoms with E-state index in [-0.39, 0.29) is 16.3 Å². The molecule has 130 valence electrons. The molecule has 1 aromatic carbocycles. The lowest BCUT2D eigenvalue weighted by atomic mass is 9.79. The van der Waals surface area contributed by atoms with Gasteiger partial charge in [0, 0.05) is 45.1 Å². The molecule has 2 aliphatic heterocycles. The lowest BCUT2D eigenvalue weighted by Gasteiger charge is -2.40. The predicted molar refractivity (Wildman–Crippen MR) is 92.5 cm³/mol. The Labute approximate surface area is 146 Å². The molecule has 2 saturated heterocycles. The first kappa shape index (κ1) is 17.0. The van der Waals surface area contributed by atoms with E-state index in [0.717, 1.165) is 44.0 Å². The number of halogens is 2. The topological polar surface area (TPSA) is 56.7 Å². The summed E-state index contributed by atoms with van der Waals surface area (Å²) in [5.74, 6) is 0.524. The first-order valence-electron chi connectivity index (χ1n) is 8.18. The summed E-state index contributed by atoms with van der Waals surface area (Å²) in [6, 6.07) is 4.70. The minimum Gasteiger partial charge on any atom is -0.355 e. The van der Waals surface area contributed by atoms with E-state index in [2.05, 4.69) is 20.5 Å². The van der Waals surface area contributed by atoms with Crippen LogP contribution in [0.2, 0.25) is 5.02 Å². The highest BCUT2D eigenvalue weighted by molar-refractivity contribution is 6.30. The van der Waals surface area contributed by atoms with Gasteiger partial charge in [0.15, 0.2) is 5.96 Å². The zero-order valence-electron chi connectivity index (χ0n) is 13.7. The molecule has 2 N–H and O–H groups in total. The van der Waals surface area contributed by atoms with E-state index in [9.17, 15) is 9.18 Å². The van der Waals surface area contributed by atoms with Crippen LogP contribution in [-0.2, 0) is 11.3 Å². The van der Waals surface area contributed by atoms with Crippen LogP contribution in [0.4, 0.5) is 4.39 Å². The fourth-order valence-electron chi connectivity index (χ4n) is 3.59. The van der Waals surface area contributed by atoms with E-state index < -0.39 is 5.82 Å². The van der Waals surface area contributed by atoms with Crippen LogP contribution in [0.3, 0.4) is 0 Å². The van der Waals surface area contributed by atoms with Crippen LogP contribution in [0.25, 0.3) is 0 Å². The highest BCUT2D eigenvalue weighted by atomic mass is 35.5. The second kappa shape index (κ2) is 6.97. The minimum atomic E-state index is -0.416. The molecule has 7 heteroatoms. The average Bonchev–Trinajstić information content (AvgIpc) is 2.91. The van der Waals surface area contributed by atoms with Gasteiger partial charge in [-0.3, -0.25) is 9.79 Å². The van der Waals surface area contributed by atoms with Crippen molar-refractivity contribution in [2.45, 2.75) is 25.8 Å². The van der Waals surface area contributed by atoms with Gasteiger partial charge in [0.2, 0.25) is 5.91 Å². The van der Waals surface area contributed by atoms with Gasteiger partial charge in [-0.2, -0.15) is 0 Å². The number of likely N-dealkylation sites (tertiary alicyclic amines) is 1. The Morgan fingerprint density at radius 3 is 3.04 bits per heavy atom. The van der Waals surface area contributed by atoms with Crippen molar-refractivity contribution >= 4 is 23.5 Å². The maximum atomic E-state index is 13.2. The number of hydrogen-bond acceptors (Lipinski definition) is 2. The minimum absolute atomic E-state index is 0.0200. The maximum absolute atomic E-state index is 13.2. The van der Waals surface area contributed by atoms with Gasteiger partial charge in [-0.05, 0) is 30.5 Å². The van der Waals surface area contributed by atoms with Gasteiger partial charge in [-0.15, -0.1) is 0 Å². The highest BCUT2D eigenvalue weighted by Crippen LogP contribution is 2.36. The van der Waals surface area contributed by atoms with E-state index in [0.29, 0.717) is 13.0 Å². The molecule has 2 heterocycles. The highest BCUT2D eigenvalue weighted by Gasteiger charge is 2.42. The molecule has 0 aromatic heterocycles. The SMILES string of the molecule is CN=C(NCc1ccc(F)c(Cl)c1)N1CCCC2(CNC(=O)C2)C1. The quantitative estimate of drug-likeness (QED) is 0.633. The van der Waals surface area contributed by atoms with Crippen molar-refractivity contribution in [2.75, 3.05) is 26.7 Å². The standard InChI is InChI=1S/C17H22ClFN4O/c1-20-16(21-9-12-3-4-14(19)13(18)7-12)23-6-2-5-17(11-23)8-15(24)22-10-17/h3-4,7H,2,5-6,8-11H2,1H3,(H,20,21)(H,22,24). The Morgan fingerprint density at radius 2 is 2.38 bits per heavy atom. The molecule has 0 radical (unpaired) electrons. The molecular formula is C17H22ClFN4O. The summed E-state index contributed by atoms with van der Waals surface area (Å²) in [5, 5.41) is 6.38. The first-order chi connectivity index (χ1) is 11.5. The number of guanidine groups is 1. The first-order valence-corrected chi connectivity index (χ1v) is 8.55. The smallest absolute Gasteiger partial charge is 0.220 e. The summed E-state index contributed by atoms with van der Waals surface area (Å²) in [4.78, 5) is 18.2. The molecule has 5 nitrogen and oxygen atoms in total. The van der Waals surface area contributed by atoms with Crippen LogP contribution >= 0.6 is 11.6 Å². The van der Waals surface area contributed by atoms with E-state index in [1.807, 2.05) is 0 Å². The Bertz CT molecular complexity index is 666. The Hall–Kier alpha value is -1.82. The van der Waals surface area contributed by atoms with Crippen LogP contribution in [-0.4, -0.2) is 43.4 Å². The van der Waals surface area contributed by atoms with Gasteiger partial charge in [-0.1, -0.05) is 17.7 Å². The number of piperidine rings is 1. The summed E-state index contributed by atoms with van der Waals surface area (Å²) in [7, 11) is 1.75. The van der Waals surface area contributed by atoms with Crippen molar-refractivity contribution in [2.24, 2.45) is 10.4 Å². The van der Waals surface area contributed by atoms with Crippen molar-refractivity contribution in [3.05, 3.63) is 34.6 Å². The lowest BCUT2D eigenvalue weighted by Crippen LogP contribution is -2.51. The van der Waals surface area contributed by atoms with Crippen molar-refractivity contribution in [3.63, 3.8) is 0 Å². The third-order valence-corrected chi connectivity index (χ3v) is 5.09. The number of benzene rings is 1. The zero-order chi connectivity index (χ0) is 17.2. The van der Waals surface area contributed by atoms with Crippen molar-refractivity contribution in [1.29, 1.82) is 0 Å². The largest absolute Gasteiger partial charge is 0.355 e. The summed E-state index contributed by atoms with van der Waals surface area (Å²) >= 11 is 5.83. The van der Waals surface area contributed by atoms with Crippen LogP contribution in [0.15, 0.2) is 23.2 Å². The Balaban J connectivity index is 1.63. The van der Waals surface area contributed by atoms with Crippen LogP contribution in [0, 0.1) is 11.2 Å². The predicted octanol–water partition coefficient (Wildman–Crippen LogP) is 2.16. The fraction of sp³-hybridized carbons (Fsp3) is 0.529. The van der Waals surface area contributed by atoms with Crippen molar-refractivity contribution in [3.8, 4) is 0 Å². The van der Waals surface area contributed by atoms with Crippen LogP contribution in [0.5, 0.6) is 0 Å². The maximum Gasteiger partial charge on any atom is 0.220 e. The number of carbonyl (C=O) groups is 1. The third-order valence-electron chi connectivity index (χ3n) is 4.80. The number of carbonyl (C=O) groups excluding carboxylic acids is 1. The van der Waals surface area contributed by atoms with Gasteiger partial charge in [0.25, 0.3) is 0 Å². The Kier molecular flexibility index (Phi) is 4.94. The second-order valence-electron chi connectivity index (χ2n) is 6.63. The van der Waals surface area contributed by atoms with Crippen LogP contribution in [0.1, 0.15) is 24.8 Å². The molecule has 0 aliphatic carbocycles. The number of nitrogens with zero attached hydrogens (tertiary/aromatic N) is 2.